The van der Waals surface area contributed by atoms with E-state index in [2.05, 4.69) is 25.7 Å². The van der Waals surface area contributed by atoms with Crippen LogP contribution in [0.25, 0.3) is 0 Å². The minimum absolute atomic E-state index is 0.168. The zero-order valence-electron chi connectivity index (χ0n) is 10.8. The fourth-order valence-corrected chi connectivity index (χ4v) is 3.65. The van der Waals surface area contributed by atoms with Crippen molar-refractivity contribution in [1.29, 1.82) is 0 Å². The quantitative estimate of drug-likeness (QED) is 0.527. The van der Waals surface area contributed by atoms with Crippen LogP contribution in [-0.4, -0.2) is 16.9 Å². The fraction of sp³-hybridized carbons (Fsp3) is 0.533. The maximum atomic E-state index is 11.7. The highest BCUT2D eigenvalue weighted by atomic mass is 16.7. The van der Waals surface area contributed by atoms with Crippen LogP contribution < -0.4 is 0 Å². The first-order chi connectivity index (χ1) is 8.36. The van der Waals surface area contributed by atoms with Gasteiger partial charge in [-0.3, -0.25) is 0 Å². The molecule has 0 aromatic rings. The van der Waals surface area contributed by atoms with Crippen LogP contribution in [0.2, 0.25) is 0 Å². The Morgan fingerprint density at radius 1 is 1.56 bits per heavy atom. The molecule has 3 rings (SSSR count). The van der Waals surface area contributed by atoms with E-state index in [0.29, 0.717) is 24.3 Å². The van der Waals surface area contributed by atoms with Gasteiger partial charge in [-0.2, -0.15) is 0 Å². The molecule has 0 amide bonds. The SMILES string of the molecule is C=C1CC=C[C@@]2(C)C[C@]3(O)OC(=O)C(C)=C3C[C@@H]12. The van der Waals surface area contributed by atoms with E-state index in [0.717, 1.165) is 12.0 Å². The summed E-state index contributed by atoms with van der Waals surface area (Å²) in [5.41, 5.74) is 2.34. The van der Waals surface area contributed by atoms with Gasteiger partial charge in [-0.15, -0.1) is 0 Å². The van der Waals surface area contributed by atoms with Crippen molar-refractivity contribution in [2.45, 2.75) is 38.9 Å². The van der Waals surface area contributed by atoms with Crippen LogP contribution in [0, 0.1) is 11.3 Å². The lowest BCUT2D eigenvalue weighted by molar-refractivity contribution is -0.197. The maximum absolute atomic E-state index is 11.7. The van der Waals surface area contributed by atoms with Gasteiger partial charge in [-0.05, 0) is 31.1 Å². The minimum Gasteiger partial charge on any atom is -0.426 e. The predicted octanol–water partition coefficient (Wildman–Crippen LogP) is 2.48. The molecule has 3 nitrogen and oxygen atoms in total. The van der Waals surface area contributed by atoms with E-state index in [-0.39, 0.29) is 11.4 Å². The normalized spacial score (nSPS) is 42.7. The van der Waals surface area contributed by atoms with Crippen molar-refractivity contribution in [2.24, 2.45) is 11.3 Å². The molecule has 18 heavy (non-hydrogen) atoms. The number of carbonyl (C=O) groups is 1. The maximum Gasteiger partial charge on any atom is 0.336 e. The molecule has 0 aromatic carbocycles. The zero-order chi connectivity index (χ0) is 13.1. The highest BCUT2D eigenvalue weighted by molar-refractivity contribution is 5.92. The van der Waals surface area contributed by atoms with Gasteiger partial charge in [0.05, 0.1) is 0 Å². The molecule has 1 saturated carbocycles. The lowest BCUT2D eigenvalue weighted by atomic mass is 9.59. The van der Waals surface area contributed by atoms with Gasteiger partial charge in [-0.25, -0.2) is 4.79 Å². The topological polar surface area (TPSA) is 46.5 Å². The summed E-state index contributed by atoms with van der Waals surface area (Å²) < 4.78 is 5.19. The van der Waals surface area contributed by atoms with Crippen molar-refractivity contribution in [3.05, 3.63) is 35.5 Å². The first-order valence-electron chi connectivity index (χ1n) is 6.37. The molecule has 1 heterocycles. The molecule has 0 spiro atoms. The molecule has 3 aliphatic rings. The molecule has 2 aliphatic carbocycles. The second-order valence-electron chi connectivity index (χ2n) is 5.98. The number of carbonyl (C=O) groups excluding carboxylic acids is 1. The summed E-state index contributed by atoms with van der Waals surface area (Å²) in [6.45, 7) is 7.99. The molecule has 0 unspecified atom stereocenters. The largest absolute Gasteiger partial charge is 0.426 e. The highest BCUT2D eigenvalue weighted by Crippen LogP contribution is 2.56. The Bertz CT molecular complexity index is 512. The van der Waals surface area contributed by atoms with Crippen molar-refractivity contribution >= 4 is 5.97 Å². The minimum atomic E-state index is -1.39. The second kappa shape index (κ2) is 3.35. The smallest absolute Gasteiger partial charge is 0.336 e. The Labute approximate surface area is 107 Å². The van der Waals surface area contributed by atoms with E-state index in [1.807, 2.05) is 0 Å². The number of rotatable bonds is 0. The zero-order valence-corrected chi connectivity index (χ0v) is 10.8. The number of allylic oxidation sites excluding steroid dienone is 3. The van der Waals surface area contributed by atoms with Crippen molar-refractivity contribution < 1.29 is 14.6 Å². The van der Waals surface area contributed by atoms with Gasteiger partial charge in [-0.1, -0.05) is 31.2 Å². The summed E-state index contributed by atoms with van der Waals surface area (Å²) in [4.78, 5) is 11.7. The molecule has 0 aromatic heterocycles. The summed E-state index contributed by atoms with van der Waals surface area (Å²) in [5, 5.41) is 10.6. The number of hydrogen-bond acceptors (Lipinski definition) is 3. The first kappa shape index (κ1) is 11.7. The molecular weight excluding hydrogens is 228 g/mol. The third-order valence-corrected chi connectivity index (χ3v) is 4.69. The molecule has 1 fully saturated rings. The van der Waals surface area contributed by atoms with Crippen molar-refractivity contribution in [1.82, 2.24) is 0 Å². The lowest BCUT2D eigenvalue weighted by Gasteiger charge is -2.48. The second-order valence-corrected chi connectivity index (χ2v) is 5.98. The summed E-state index contributed by atoms with van der Waals surface area (Å²) in [6.07, 6.45) is 6.23. The Morgan fingerprint density at radius 3 is 3.00 bits per heavy atom. The van der Waals surface area contributed by atoms with Crippen LogP contribution in [-0.2, 0) is 9.53 Å². The van der Waals surface area contributed by atoms with E-state index in [9.17, 15) is 9.90 Å². The monoisotopic (exact) mass is 246 g/mol. The first-order valence-corrected chi connectivity index (χ1v) is 6.37. The van der Waals surface area contributed by atoms with Gasteiger partial charge in [0, 0.05) is 17.6 Å². The molecule has 0 radical (unpaired) electrons. The Morgan fingerprint density at radius 2 is 2.28 bits per heavy atom. The van der Waals surface area contributed by atoms with Crippen LogP contribution >= 0.6 is 0 Å². The molecule has 3 atom stereocenters. The number of hydrogen-bond donors (Lipinski definition) is 1. The van der Waals surface area contributed by atoms with E-state index in [1.54, 1.807) is 6.92 Å². The predicted molar refractivity (Wildman–Crippen MR) is 67.5 cm³/mol. The molecule has 0 bridgehead atoms. The van der Waals surface area contributed by atoms with Crippen molar-refractivity contribution in [3.8, 4) is 0 Å². The fourth-order valence-electron chi connectivity index (χ4n) is 3.65. The van der Waals surface area contributed by atoms with E-state index >= 15 is 0 Å². The number of ether oxygens (including phenoxy) is 1. The van der Waals surface area contributed by atoms with Gasteiger partial charge in [0.15, 0.2) is 0 Å². The van der Waals surface area contributed by atoms with E-state index in [1.165, 1.54) is 5.57 Å². The van der Waals surface area contributed by atoms with Gasteiger partial charge >= 0.3 is 5.97 Å². The average molecular weight is 246 g/mol. The van der Waals surface area contributed by atoms with E-state index < -0.39 is 5.79 Å². The molecule has 96 valence electrons. The van der Waals surface area contributed by atoms with Gasteiger partial charge < -0.3 is 9.84 Å². The van der Waals surface area contributed by atoms with Crippen LogP contribution in [0.15, 0.2) is 35.5 Å². The summed E-state index contributed by atoms with van der Waals surface area (Å²) in [7, 11) is 0. The Balaban J connectivity index is 2.08. The van der Waals surface area contributed by atoms with Crippen LogP contribution in [0.1, 0.15) is 33.1 Å². The summed E-state index contributed by atoms with van der Waals surface area (Å²) >= 11 is 0. The van der Waals surface area contributed by atoms with Crippen LogP contribution in [0.3, 0.4) is 0 Å². The lowest BCUT2D eigenvalue weighted by Crippen LogP contribution is -2.47. The Hall–Kier alpha value is -1.35. The van der Waals surface area contributed by atoms with E-state index in [4.69, 9.17) is 4.74 Å². The van der Waals surface area contributed by atoms with Gasteiger partial charge in [0.1, 0.15) is 0 Å². The van der Waals surface area contributed by atoms with Gasteiger partial charge in [0.2, 0.25) is 5.79 Å². The number of esters is 1. The standard InChI is InChI=1S/C15H18O3/c1-9-5-4-6-14(3)8-15(17)12(7-11(9)14)10(2)13(16)18-15/h4,6,11,17H,1,5,7-8H2,2-3H3/t11-,14-,15-/m0/s1. The van der Waals surface area contributed by atoms with Crippen LogP contribution in [0.4, 0.5) is 0 Å². The molecule has 3 heteroatoms. The van der Waals surface area contributed by atoms with Crippen molar-refractivity contribution in [3.63, 3.8) is 0 Å². The number of fused-ring (bicyclic) bond motifs is 2. The Kier molecular flexibility index (Phi) is 2.18. The molecule has 0 saturated heterocycles. The third kappa shape index (κ3) is 1.37. The van der Waals surface area contributed by atoms with Gasteiger partial charge in [0.25, 0.3) is 0 Å². The summed E-state index contributed by atoms with van der Waals surface area (Å²) in [5.74, 6) is -1.49. The number of aliphatic hydroxyl groups is 1. The molecular formula is C15H18O3. The molecule has 1 aliphatic heterocycles. The third-order valence-electron chi connectivity index (χ3n) is 4.69. The van der Waals surface area contributed by atoms with Crippen LogP contribution in [0.5, 0.6) is 0 Å². The molecule has 1 N–H and O–H groups in total. The average Bonchev–Trinajstić information content (AvgIpc) is 2.46. The summed E-state index contributed by atoms with van der Waals surface area (Å²) in [6, 6.07) is 0. The van der Waals surface area contributed by atoms with Crippen molar-refractivity contribution in [2.75, 3.05) is 0 Å². The highest BCUT2D eigenvalue weighted by Gasteiger charge is 2.56.